The minimum Gasteiger partial charge on any atom is -0.338 e. The maximum Gasteiger partial charge on any atom is 0.319 e. The fourth-order valence-electron chi connectivity index (χ4n) is 3.55. The Morgan fingerprint density at radius 2 is 2.14 bits per heavy atom. The van der Waals surface area contributed by atoms with E-state index >= 15 is 0 Å². The van der Waals surface area contributed by atoms with Gasteiger partial charge >= 0.3 is 6.03 Å². The van der Waals surface area contributed by atoms with Crippen LogP contribution >= 0.6 is 11.6 Å². The number of urea groups is 1. The van der Waals surface area contributed by atoms with Crippen LogP contribution in [0.3, 0.4) is 0 Å². The van der Waals surface area contributed by atoms with Crippen molar-refractivity contribution >= 4 is 41.8 Å². The SMILES string of the molecule is C=c1/c(=C\C=C/C)c2c(n1-c1ccc(NC(=O)NCC)cc1Cl)CCCC2=O. The molecule has 5 nitrogen and oxygen atoms in total. The van der Waals surface area contributed by atoms with E-state index in [2.05, 4.69) is 17.2 Å². The van der Waals surface area contributed by atoms with E-state index in [1.54, 1.807) is 12.1 Å². The molecule has 1 aliphatic rings. The number of hydrogen-bond donors (Lipinski definition) is 2. The van der Waals surface area contributed by atoms with Crippen molar-refractivity contribution < 1.29 is 9.59 Å². The molecule has 28 heavy (non-hydrogen) atoms. The zero-order chi connectivity index (χ0) is 20.3. The van der Waals surface area contributed by atoms with E-state index in [1.807, 2.05) is 42.7 Å². The first-order valence-electron chi connectivity index (χ1n) is 9.41. The molecule has 0 saturated heterocycles. The van der Waals surface area contributed by atoms with Crippen LogP contribution < -0.4 is 21.2 Å². The Morgan fingerprint density at radius 1 is 1.36 bits per heavy atom. The van der Waals surface area contributed by atoms with Gasteiger partial charge in [-0.1, -0.05) is 36.4 Å². The molecule has 0 bridgehead atoms. The second kappa shape index (κ2) is 8.48. The van der Waals surface area contributed by atoms with E-state index < -0.39 is 0 Å². The molecule has 1 heterocycles. The van der Waals surface area contributed by atoms with E-state index in [-0.39, 0.29) is 11.8 Å². The quantitative estimate of drug-likeness (QED) is 0.828. The number of nitrogens with zero attached hydrogens (tertiary/aromatic N) is 1. The van der Waals surface area contributed by atoms with Gasteiger partial charge in [-0.2, -0.15) is 0 Å². The standard InChI is InChI=1S/C22H24ClN3O2/c1-4-6-8-16-14(3)26(19-9-7-10-20(27)21(16)19)18-12-11-15(13-17(18)23)25-22(28)24-5-2/h4,6,8,11-13H,3,5,7,9-10H2,1-2H3,(H2,24,25,28)/b6-4-,16-8+. The number of Topliss-reactive ketones (excluding diaryl/α,β-unsaturated/α-hetero) is 1. The molecule has 1 aromatic heterocycles. The van der Waals surface area contributed by atoms with Crippen molar-refractivity contribution in [3.63, 3.8) is 0 Å². The highest BCUT2D eigenvalue weighted by atomic mass is 35.5. The van der Waals surface area contributed by atoms with Gasteiger partial charge in [-0.15, -0.1) is 0 Å². The molecule has 0 saturated carbocycles. The van der Waals surface area contributed by atoms with Crippen LogP contribution in [0, 0.1) is 0 Å². The van der Waals surface area contributed by atoms with E-state index in [9.17, 15) is 9.59 Å². The van der Waals surface area contributed by atoms with Gasteiger partial charge < -0.3 is 15.2 Å². The lowest BCUT2D eigenvalue weighted by Crippen LogP contribution is -2.29. The van der Waals surface area contributed by atoms with E-state index in [0.717, 1.165) is 40.4 Å². The lowest BCUT2D eigenvalue weighted by molar-refractivity contribution is 0.0971. The van der Waals surface area contributed by atoms with Crippen LogP contribution in [0.5, 0.6) is 0 Å². The zero-order valence-electron chi connectivity index (χ0n) is 16.1. The number of carbonyl (C=O) groups excluding carboxylic acids is 2. The normalized spacial score (nSPS) is 14.4. The number of hydrogen-bond acceptors (Lipinski definition) is 2. The minimum absolute atomic E-state index is 0.145. The van der Waals surface area contributed by atoms with Crippen molar-refractivity contribution in [1.29, 1.82) is 0 Å². The molecule has 0 unspecified atom stereocenters. The Morgan fingerprint density at radius 3 is 2.82 bits per heavy atom. The topological polar surface area (TPSA) is 63.1 Å². The van der Waals surface area contributed by atoms with Crippen LogP contribution in [-0.2, 0) is 6.42 Å². The van der Waals surface area contributed by atoms with E-state index in [0.29, 0.717) is 23.7 Å². The average molecular weight is 398 g/mol. The number of ketones is 1. The number of halogens is 1. The fourth-order valence-corrected chi connectivity index (χ4v) is 3.81. The number of allylic oxidation sites excluding steroid dienone is 2. The second-order valence-corrected chi connectivity index (χ2v) is 7.04. The maximum absolute atomic E-state index is 12.6. The van der Waals surface area contributed by atoms with Gasteiger partial charge in [-0.3, -0.25) is 4.79 Å². The van der Waals surface area contributed by atoms with Crippen LogP contribution in [0.1, 0.15) is 42.7 Å². The number of amides is 2. The molecular weight excluding hydrogens is 374 g/mol. The zero-order valence-corrected chi connectivity index (χ0v) is 16.9. The van der Waals surface area contributed by atoms with Gasteiger partial charge in [0.1, 0.15) is 0 Å². The van der Waals surface area contributed by atoms with E-state index in [1.165, 1.54) is 0 Å². The monoisotopic (exact) mass is 397 g/mol. The summed E-state index contributed by atoms with van der Waals surface area (Å²) in [6, 6.07) is 5.06. The molecular formula is C22H24ClN3O2. The number of anilines is 1. The van der Waals surface area contributed by atoms with Crippen molar-refractivity contribution in [2.24, 2.45) is 0 Å². The van der Waals surface area contributed by atoms with Crippen molar-refractivity contribution in [2.45, 2.75) is 33.1 Å². The summed E-state index contributed by atoms with van der Waals surface area (Å²) in [6.07, 6.45) is 7.92. The van der Waals surface area contributed by atoms with Crippen LogP contribution in [-0.4, -0.2) is 22.9 Å². The van der Waals surface area contributed by atoms with Gasteiger partial charge in [0.05, 0.1) is 10.7 Å². The molecule has 0 radical (unpaired) electrons. The third kappa shape index (κ3) is 3.76. The van der Waals surface area contributed by atoms with Gasteiger partial charge in [-0.25, -0.2) is 4.79 Å². The van der Waals surface area contributed by atoms with Gasteiger partial charge in [0.15, 0.2) is 5.78 Å². The first-order chi connectivity index (χ1) is 13.5. The maximum atomic E-state index is 12.6. The summed E-state index contributed by atoms with van der Waals surface area (Å²) in [5, 5.41) is 7.50. The van der Waals surface area contributed by atoms with Gasteiger partial charge in [-0.05, 0) is 44.9 Å². The number of benzene rings is 1. The molecule has 2 N–H and O–H groups in total. The van der Waals surface area contributed by atoms with Crippen LogP contribution in [0.15, 0.2) is 30.4 Å². The Labute approximate surface area is 169 Å². The number of fused-ring (bicyclic) bond motifs is 1. The molecule has 146 valence electrons. The Balaban J connectivity index is 2.13. The summed E-state index contributed by atoms with van der Waals surface area (Å²) in [6.45, 7) is 8.56. The summed E-state index contributed by atoms with van der Waals surface area (Å²) in [4.78, 5) is 24.4. The summed E-state index contributed by atoms with van der Waals surface area (Å²) in [7, 11) is 0. The first-order valence-corrected chi connectivity index (χ1v) is 9.79. The molecule has 3 rings (SSSR count). The predicted octanol–water partition coefficient (Wildman–Crippen LogP) is 3.56. The summed E-state index contributed by atoms with van der Waals surface area (Å²) in [5.41, 5.74) is 3.04. The first kappa shape index (κ1) is 20.0. The highest BCUT2D eigenvalue weighted by Crippen LogP contribution is 2.27. The van der Waals surface area contributed by atoms with Gasteiger partial charge in [0.2, 0.25) is 0 Å². The van der Waals surface area contributed by atoms with Crippen LogP contribution in [0.4, 0.5) is 10.5 Å². The molecule has 1 aromatic carbocycles. The molecule has 2 amide bonds. The molecule has 2 aromatic rings. The summed E-state index contributed by atoms with van der Waals surface area (Å²) >= 11 is 6.56. The number of nitrogens with one attached hydrogen (secondary N) is 2. The van der Waals surface area contributed by atoms with Crippen LogP contribution in [0.2, 0.25) is 5.02 Å². The number of rotatable bonds is 4. The third-order valence-electron chi connectivity index (χ3n) is 4.74. The highest BCUT2D eigenvalue weighted by Gasteiger charge is 2.25. The second-order valence-electron chi connectivity index (χ2n) is 6.64. The van der Waals surface area contributed by atoms with Crippen molar-refractivity contribution in [1.82, 2.24) is 9.88 Å². The predicted molar refractivity (Wildman–Crippen MR) is 115 cm³/mol. The van der Waals surface area contributed by atoms with Crippen molar-refractivity contribution in [3.8, 4) is 5.69 Å². The average Bonchev–Trinajstić information content (AvgIpc) is 2.93. The van der Waals surface area contributed by atoms with Crippen LogP contribution in [0.25, 0.3) is 18.3 Å². The largest absolute Gasteiger partial charge is 0.338 e. The molecule has 0 fully saturated rings. The summed E-state index contributed by atoms with van der Waals surface area (Å²) in [5.74, 6) is 0.145. The van der Waals surface area contributed by atoms with Crippen molar-refractivity contribution in [2.75, 3.05) is 11.9 Å². The Hall–Kier alpha value is -2.79. The Bertz CT molecular complexity index is 1070. The fraction of sp³-hybridized carbons (Fsp3) is 0.273. The lowest BCUT2D eigenvalue weighted by atomic mass is 9.95. The molecule has 6 heteroatoms. The number of aromatic nitrogens is 1. The summed E-state index contributed by atoms with van der Waals surface area (Å²) < 4.78 is 1.97. The molecule has 1 aliphatic carbocycles. The molecule has 0 aliphatic heterocycles. The molecule has 0 spiro atoms. The molecule has 0 atom stereocenters. The van der Waals surface area contributed by atoms with Crippen molar-refractivity contribution in [3.05, 3.63) is 57.2 Å². The minimum atomic E-state index is -0.281. The van der Waals surface area contributed by atoms with Gasteiger partial charge in [0, 0.05) is 40.5 Å². The van der Waals surface area contributed by atoms with E-state index in [4.69, 9.17) is 11.6 Å². The third-order valence-corrected chi connectivity index (χ3v) is 5.05. The lowest BCUT2D eigenvalue weighted by Gasteiger charge is -2.17. The smallest absolute Gasteiger partial charge is 0.319 e. The van der Waals surface area contributed by atoms with Gasteiger partial charge in [0.25, 0.3) is 0 Å². The Kier molecular flexibility index (Phi) is 6.05. The number of carbonyl (C=O) groups is 2. The highest BCUT2D eigenvalue weighted by molar-refractivity contribution is 6.32.